The van der Waals surface area contributed by atoms with Crippen molar-refractivity contribution in [3.63, 3.8) is 0 Å². The number of rotatable bonds is 5. The molecule has 26 heavy (non-hydrogen) atoms. The van der Waals surface area contributed by atoms with Crippen molar-refractivity contribution < 1.29 is 13.2 Å². The van der Waals surface area contributed by atoms with Crippen LogP contribution in [0.1, 0.15) is 5.69 Å². The summed E-state index contributed by atoms with van der Waals surface area (Å²) in [4.78, 5) is 4.40. The quantitative estimate of drug-likeness (QED) is 0.384. The van der Waals surface area contributed by atoms with E-state index >= 15 is 0 Å². The van der Waals surface area contributed by atoms with Crippen LogP contribution in [0.3, 0.4) is 0 Å². The van der Waals surface area contributed by atoms with E-state index in [2.05, 4.69) is 31.1 Å². The minimum Gasteiger partial charge on any atom is -0.444 e. The summed E-state index contributed by atoms with van der Waals surface area (Å²) in [6, 6.07) is 13.6. The highest BCUT2D eigenvalue weighted by Crippen LogP contribution is 2.28. The second-order valence-corrected chi connectivity index (χ2v) is 7.17. The van der Waals surface area contributed by atoms with Crippen LogP contribution in [0.2, 0.25) is 0 Å². The number of nitrogens with zero attached hydrogens (tertiary/aromatic N) is 3. The Morgan fingerprint density at radius 1 is 1.00 bits per heavy atom. The highest BCUT2D eigenvalue weighted by atomic mass is 79.9. The molecule has 8 heteroatoms. The molecule has 0 bridgehead atoms. The van der Waals surface area contributed by atoms with Gasteiger partial charge in [0.25, 0.3) is 5.22 Å². The number of benzene rings is 2. The Balaban J connectivity index is 1.43. The third kappa shape index (κ3) is 3.86. The lowest BCUT2D eigenvalue weighted by Gasteiger charge is -1.95. The molecular weight excluding hydrogens is 421 g/mol. The first-order valence-electron chi connectivity index (χ1n) is 7.60. The van der Waals surface area contributed by atoms with Gasteiger partial charge in [0, 0.05) is 21.4 Å². The van der Waals surface area contributed by atoms with E-state index in [1.54, 1.807) is 18.4 Å². The minimum atomic E-state index is -0.297. The van der Waals surface area contributed by atoms with Crippen LogP contribution in [-0.4, -0.2) is 15.2 Å². The van der Waals surface area contributed by atoms with Gasteiger partial charge in [-0.05, 0) is 42.5 Å². The molecule has 0 N–H and O–H groups in total. The van der Waals surface area contributed by atoms with E-state index in [9.17, 15) is 4.39 Å². The number of thioether (sulfide) groups is 1. The summed E-state index contributed by atoms with van der Waals surface area (Å²) in [5, 5.41) is 8.56. The van der Waals surface area contributed by atoms with Crippen molar-refractivity contribution in [3.05, 3.63) is 70.8 Å². The highest BCUT2D eigenvalue weighted by molar-refractivity contribution is 9.10. The minimum absolute atomic E-state index is 0.297. The molecular formula is C18H11BrFN3O2S. The maximum atomic E-state index is 13.0. The second kappa shape index (κ2) is 7.43. The van der Waals surface area contributed by atoms with Crippen LogP contribution in [0.4, 0.5) is 4.39 Å². The normalized spacial score (nSPS) is 11.0. The third-order valence-electron chi connectivity index (χ3n) is 3.46. The molecule has 0 unspecified atom stereocenters. The molecule has 2 aromatic carbocycles. The van der Waals surface area contributed by atoms with E-state index < -0.39 is 0 Å². The van der Waals surface area contributed by atoms with Crippen molar-refractivity contribution in [2.45, 2.75) is 11.0 Å². The first-order valence-corrected chi connectivity index (χ1v) is 9.38. The molecule has 4 rings (SSSR count). The monoisotopic (exact) mass is 431 g/mol. The zero-order chi connectivity index (χ0) is 17.9. The van der Waals surface area contributed by atoms with Crippen molar-refractivity contribution in [1.82, 2.24) is 15.2 Å². The number of hydrogen-bond donors (Lipinski definition) is 0. The van der Waals surface area contributed by atoms with Gasteiger partial charge in [0.15, 0.2) is 0 Å². The fourth-order valence-corrected chi connectivity index (χ4v) is 3.28. The largest absolute Gasteiger partial charge is 0.444 e. The Labute approximate surface area is 160 Å². The van der Waals surface area contributed by atoms with E-state index in [-0.39, 0.29) is 5.82 Å². The van der Waals surface area contributed by atoms with Gasteiger partial charge in [0.05, 0.1) is 5.69 Å². The number of aromatic nitrogens is 3. The molecule has 0 aliphatic heterocycles. The Morgan fingerprint density at radius 2 is 1.85 bits per heavy atom. The zero-order valence-corrected chi connectivity index (χ0v) is 15.6. The molecule has 5 nitrogen and oxygen atoms in total. The zero-order valence-electron chi connectivity index (χ0n) is 13.2. The topological polar surface area (TPSA) is 65.0 Å². The van der Waals surface area contributed by atoms with Gasteiger partial charge in [-0.2, -0.15) is 0 Å². The fraction of sp³-hybridized carbons (Fsp3) is 0.0556. The Kier molecular flexibility index (Phi) is 4.85. The van der Waals surface area contributed by atoms with Gasteiger partial charge in [-0.15, -0.1) is 10.2 Å². The van der Waals surface area contributed by atoms with Crippen LogP contribution in [0.25, 0.3) is 22.9 Å². The summed E-state index contributed by atoms with van der Waals surface area (Å²) in [5.74, 6) is 1.13. The van der Waals surface area contributed by atoms with E-state index in [4.69, 9.17) is 8.83 Å². The van der Waals surface area contributed by atoms with Crippen molar-refractivity contribution in [1.29, 1.82) is 0 Å². The lowest BCUT2D eigenvalue weighted by molar-refractivity contribution is 0.466. The number of oxazole rings is 1. The van der Waals surface area contributed by atoms with Crippen LogP contribution >= 0.6 is 27.7 Å². The molecule has 0 atom stereocenters. The lowest BCUT2D eigenvalue weighted by atomic mass is 10.2. The average Bonchev–Trinajstić information content (AvgIpc) is 3.30. The molecule has 0 amide bonds. The van der Waals surface area contributed by atoms with Crippen LogP contribution < -0.4 is 0 Å². The molecule has 4 aromatic rings. The van der Waals surface area contributed by atoms with Gasteiger partial charge in [-0.25, -0.2) is 9.37 Å². The van der Waals surface area contributed by atoms with Crippen molar-refractivity contribution in [3.8, 4) is 22.9 Å². The smallest absolute Gasteiger partial charge is 0.277 e. The molecule has 2 aromatic heterocycles. The SMILES string of the molecule is Fc1ccc(-c2nc(CSc3nnc(-c4cccc(Br)c4)o3)co2)cc1. The Hall–Kier alpha value is -2.45. The van der Waals surface area contributed by atoms with Gasteiger partial charge in [0.2, 0.25) is 11.8 Å². The maximum Gasteiger partial charge on any atom is 0.277 e. The van der Waals surface area contributed by atoms with E-state index in [0.717, 1.165) is 21.3 Å². The molecule has 0 spiro atoms. The van der Waals surface area contributed by atoms with Crippen LogP contribution in [0.15, 0.2) is 73.3 Å². The van der Waals surface area contributed by atoms with Gasteiger partial charge in [-0.1, -0.05) is 33.8 Å². The van der Waals surface area contributed by atoms with E-state index in [0.29, 0.717) is 22.8 Å². The Bertz CT molecular complexity index is 1030. The molecule has 130 valence electrons. The standard InChI is InChI=1S/C18H11BrFN3O2S/c19-13-3-1-2-12(8-13)17-22-23-18(25-17)26-10-15-9-24-16(21-15)11-4-6-14(20)7-5-11/h1-9H,10H2. The average molecular weight is 432 g/mol. The summed E-state index contributed by atoms with van der Waals surface area (Å²) in [7, 11) is 0. The summed E-state index contributed by atoms with van der Waals surface area (Å²) in [5.41, 5.74) is 2.30. The summed E-state index contributed by atoms with van der Waals surface area (Å²) >= 11 is 4.79. The van der Waals surface area contributed by atoms with Crippen LogP contribution in [0, 0.1) is 5.82 Å². The van der Waals surface area contributed by atoms with Crippen LogP contribution in [0.5, 0.6) is 0 Å². The lowest BCUT2D eigenvalue weighted by Crippen LogP contribution is -1.83. The highest BCUT2D eigenvalue weighted by Gasteiger charge is 2.12. The second-order valence-electron chi connectivity index (χ2n) is 5.32. The first-order chi connectivity index (χ1) is 12.7. The van der Waals surface area contributed by atoms with Crippen molar-refractivity contribution in [2.75, 3.05) is 0 Å². The van der Waals surface area contributed by atoms with E-state index in [1.165, 1.54) is 23.9 Å². The summed E-state index contributed by atoms with van der Waals surface area (Å²) in [6.45, 7) is 0. The van der Waals surface area contributed by atoms with Crippen molar-refractivity contribution >= 4 is 27.7 Å². The summed E-state index contributed by atoms with van der Waals surface area (Å²) < 4.78 is 25.0. The number of hydrogen-bond acceptors (Lipinski definition) is 6. The molecule has 2 heterocycles. The first kappa shape index (κ1) is 17.0. The number of halogens is 2. The van der Waals surface area contributed by atoms with Crippen LogP contribution in [-0.2, 0) is 5.75 Å². The Morgan fingerprint density at radius 3 is 2.65 bits per heavy atom. The fourth-order valence-electron chi connectivity index (χ4n) is 2.24. The third-order valence-corrected chi connectivity index (χ3v) is 4.81. The maximum absolute atomic E-state index is 13.0. The van der Waals surface area contributed by atoms with Crippen molar-refractivity contribution in [2.24, 2.45) is 0 Å². The van der Waals surface area contributed by atoms with E-state index in [1.807, 2.05) is 24.3 Å². The summed E-state index contributed by atoms with van der Waals surface area (Å²) in [6.07, 6.45) is 1.57. The molecule has 0 saturated heterocycles. The molecule has 0 radical (unpaired) electrons. The van der Waals surface area contributed by atoms with Gasteiger partial charge >= 0.3 is 0 Å². The molecule has 0 saturated carbocycles. The van der Waals surface area contributed by atoms with Gasteiger partial charge in [-0.3, -0.25) is 0 Å². The molecule has 0 aliphatic carbocycles. The predicted molar refractivity (Wildman–Crippen MR) is 98.9 cm³/mol. The van der Waals surface area contributed by atoms with Gasteiger partial charge in [0.1, 0.15) is 12.1 Å². The predicted octanol–water partition coefficient (Wildman–Crippen LogP) is 5.59. The molecule has 0 fully saturated rings. The van der Waals surface area contributed by atoms with Gasteiger partial charge < -0.3 is 8.83 Å². The molecule has 0 aliphatic rings.